The molecule has 168 valence electrons. The molecule has 0 fully saturated rings. The average molecular weight is 456 g/mol. The van der Waals surface area contributed by atoms with Crippen molar-refractivity contribution in [1.82, 2.24) is 15.5 Å². The van der Waals surface area contributed by atoms with Crippen molar-refractivity contribution in [1.29, 1.82) is 0 Å². The lowest BCUT2D eigenvalue weighted by Gasteiger charge is -2.20. The van der Waals surface area contributed by atoms with Crippen molar-refractivity contribution >= 4 is 23.5 Å². The summed E-state index contributed by atoms with van der Waals surface area (Å²) in [5.41, 5.74) is 1.55. The lowest BCUT2D eigenvalue weighted by atomic mass is 10.0. The number of ether oxygens (including phenoxy) is 1. The Hall–Kier alpha value is -3.19. The Balaban J connectivity index is 1.56. The highest BCUT2D eigenvalue weighted by molar-refractivity contribution is 6.31. The van der Waals surface area contributed by atoms with Crippen LogP contribution in [-0.2, 0) is 20.7 Å². The van der Waals surface area contributed by atoms with Gasteiger partial charge in [0.25, 0.3) is 0 Å². The molecule has 1 atom stereocenters. The van der Waals surface area contributed by atoms with Gasteiger partial charge in [0.1, 0.15) is 0 Å². The van der Waals surface area contributed by atoms with Gasteiger partial charge in [-0.2, -0.15) is 4.98 Å². The number of nitrogens with zero attached hydrogens (tertiary/aromatic N) is 2. The summed E-state index contributed by atoms with van der Waals surface area (Å²) in [6, 6.07) is 16.1. The molecule has 32 heavy (non-hydrogen) atoms. The number of hydrogen-bond acceptors (Lipinski definition) is 6. The predicted molar refractivity (Wildman–Crippen MR) is 121 cm³/mol. The first kappa shape index (κ1) is 23.5. The first-order chi connectivity index (χ1) is 15.4. The molecule has 0 radical (unpaired) electrons. The predicted octanol–water partition coefficient (Wildman–Crippen LogP) is 4.91. The summed E-state index contributed by atoms with van der Waals surface area (Å²) in [5.74, 6) is 0.395. The standard InChI is InChI=1S/C24H26ClN3O4/c1-16(2)31-23(30)15-20(18-11-6-7-12-19(18)25)26-21(29)13-8-14-22-27-24(28-32-22)17-9-4-3-5-10-17/h3-7,9-12,16,20H,8,13-15H2,1-2H3,(H,26,29). The molecular weight excluding hydrogens is 430 g/mol. The quantitative estimate of drug-likeness (QED) is 0.436. The maximum Gasteiger partial charge on any atom is 0.308 e. The van der Waals surface area contributed by atoms with Gasteiger partial charge in [-0.3, -0.25) is 9.59 Å². The minimum absolute atomic E-state index is 0.00223. The van der Waals surface area contributed by atoms with Crippen molar-refractivity contribution < 1.29 is 18.8 Å². The second-order valence-corrected chi connectivity index (χ2v) is 8.02. The van der Waals surface area contributed by atoms with Crippen LogP contribution in [0.3, 0.4) is 0 Å². The summed E-state index contributed by atoms with van der Waals surface area (Å²) in [7, 11) is 0. The van der Waals surface area contributed by atoms with Crippen molar-refractivity contribution in [2.75, 3.05) is 0 Å². The van der Waals surface area contributed by atoms with Crippen LogP contribution in [0, 0.1) is 0 Å². The molecular formula is C24H26ClN3O4. The number of nitrogens with one attached hydrogen (secondary N) is 1. The second kappa shape index (κ2) is 11.4. The fourth-order valence-electron chi connectivity index (χ4n) is 3.20. The fourth-order valence-corrected chi connectivity index (χ4v) is 3.47. The Kier molecular flexibility index (Phi) is 8.39. The highest BCUT2D eigenvalue weighted by atomic mass is 35.5. The summed E-state index contributed by atoms with van der Waals surface area (Å²) >= 11 is 6.30. The molecule has 8 heteroatoms. The van der Waals surface area contributed by atoms with E-state index in [2.05, 4.69) is 15.5 Å². The molecule has 0 saturated heterocycles. The fraction of sp³-hybridized carbons (Fsp3) is 0.333. The van der Waals surface area contributed by atoms with Gasteiger partial charge >= 0.3 is 5.97 Å². The average Bonchev–Trinajstić information content (AvgIpc) is 3.23. The molecule has 1 unspecified atom stereocenters. The summed E-state index contributed by atoms with van der Waals surface area (Å²) < 4.78 is 10.5. The Morgan fingerprint density at radius 1 is 1.09 bits per heavy atom. The molecule has 2 aromatic carbocycles. The van der Waals surface area contributed by atoms with E-state index in [1.54, 1.807) is 32.0 Å². The van der Waals surface area contributed by atoms with Gasteiger partial charge in [0.2, 0.25) is 17.6 Å². The highest BCUT2D eigenvalue weighted by Gasteiger charge is 2.22. The van der Waals surface area contributed by atoms with Gasteiger partial charge in [-0.05, 0) is 31.9 Å². The molecule has 0 saturated carbocycles. The minimum atomic E-state index is -0.574. The van der Waals surface area contributed by atoms with Crippen LogP contribution in [0.25, 0.3) is 11.4 Å². The largest absolute Gasteiger partial charge is 0.463 e. The van der Waals surface area contributed by atoms with Crippen molar-refractivity contribution in [3.05, 3.63) is 71.1 Å². The number of carbonyl (C=O) groups excluding carboxylic acids is 2. The number of benzene rings is 2. The van der Waals surface area contributed by atoms with E-state index >= 15 is 0 Å². The van der Waals surface area contributed by atoms with Crippen LogP contribution >= 0.6 is 11.6 Å². The van der Waals surface area contributed by atoms with Crippen LogP contribution < -0.4 is 5.32 Å². The Bertz CT molecular complexity index is 1040. The Morgan fingerprint density at radius 2 is 1.81 bits per heavy atom. The maximum absolute atomic E-state index is 12.6. The number of aromatic nitrogens is 2. The van der Waals surface area contributed by atoms with Crippen LogP contribution in [0.15, 0.2) is 59.1 Å². The van der Waals surface area contributed by atoms with Crippen LogP contribution in [-0.4, -0.2) is 28.1 Å². The molecule has 1 N–H and O–H groups in total. The summed E-state index contributed by atoms with van der Waals surface area (Å²) in [6.07, 6.45) is 0.995. The number of rotatable bonds is 10. The number of aryl methyl sites for hydroxylation is 1. The Labute approximate surface area is 192 Å². The lowest BCUT2D eigenvalue weighted by molar-refractivity contribution is -0.148. The van der Waals surface area contributed by atoms with E-state index in [4.69, 9.17) is 20.9 Å². The third kappa shape index (κ3) is 6.92. The topological polar surface area (TPSA) is 94.3 Å². The van der Waals surface area contributed by atoms with E-state index in [0.29, 0.717) is 35.1 Å². The van der Waals surface area contributed by atoms with Crippen molar-refractivity contribution in [2.45, 2.75) is 51.7 Å². The van der Waals surface area contributed by atoms with Crippen molar-refractivity contribution in [3.8, 4) is 11.4 Å². The van der Waals surface area contributed by atoms with Gasteiger partial charge < -0.3 is 14.6 Å². The zero-order valence-electron chi connectivity index (χ0n) is 18.1. The normalized spacial score (nSPS) is 11.9. The van der Waals surface area contributed by atoms with Gasteiger partial charge in [-0.15, -0.1) is 0 Å². The summed E-state index contributed by atoms with van der Waals surface area (Å²) in [4.78, 5) is 29.2. The van der Waals surface area contributed by atoms with Gasteiger partial charge in [0.05, 0.1) is 18.6 Å². The van der Waals surface area contributed by atoms with Gasteiger partial charge in [0, 0.05) is 23.4 Å². The van der Waals surface area contributed by atoms with E-state index in [0.717, 1.165) is 5.56 Å². The number of amides is 1. The minimum Gasteiger partial charge on any atom is -0.463 e. The molecule has 0 aliphatic heterocycles. The number of esters is 1. The summed E-state index contributed by atoms with van der Waals surface area (Å²) in [6.45, 7) is 3.56. The third-order valence-electron chi connectivity index (χ3n) is 4.65. The molecule has 0 aliphatic carbocycles. The van der Waals surface area contributed by atoms with Crippen molar-refractivity contribution in [2.24, 2.45) is 0 Å². The van der Waals surface area contributed by atoms with E-state index in [1.165, 1.54) is 0 Å². The monoisotopic (exact) mass is 455 g/mol. The maximum atomic E-state index is 12.6. The molecule has 3 aromatic rings. The Morgan fingerprint density at radius 3 is 2.53 bits per heavy atom. The zero-order chi connectivity index (χ0) is 22.9. The van der Waals surface area contributed by atoms with Crippen LogP contribution in [0.1, 0.15) is 50.6 Å². The molecule has 0 aliphatic rings. The van der Waals surface area contributed by atoms with Crippen LogP contribution in [0.4, 0.5) is 0 Å². The molecule has 0 spiro atoms. The van der Waals surface area contributed by atoms with Gasteiger partial charge in [-0.25, -0.2) is 0 Å². The molecule has 1 aromatic heterocycles. The first-order valence-electron chi connectivity index (χ1n) is 10.5. The number of halogens is 1. The highest BCUT2D eigenvalue weighted by Crippen LogP contribution is 2.26. The molecule has 3 rings (SSSR count). The van der Waals surface area contributed by atoms with Crippen LogP contribution in [0.5, 0.6) is 0 Å². The van der Waals surface area contributed by atoms with Crippen molar-refractivity contribution in [3.63, 3.8) is 0 Å². The third-order valence-corrected chi connectivity index (χ3v) is 4.99. The second-order valence-electron chi connectivity index (χ2n) is 7.62. The van der Waals surface area contributed by atoms with Gasteiger partial charge in [0.15, 0.2) is 0 Å². The molecule has 7 nitrogen and oxygen atoms in total. The lowest BCUT2D eigenvalue weighted by Crippen LogP contribution is -2.31. The van der Waals surface area contributed by atoms with Gasteiger partial charge in [-0.1, -0.05) is 65.3 Å². The smallest absolute Gasteiger partial charge is 0.308 e. The molecule has 0 bridgehead atoms. The van der Waals surface area contributed by atoms with E-state index < -0.39 is 12.0 Å². The zero-order valence-corrected chi connectivity index (χ0v) is 18.8. The first-order valence-corrected chi connectivity index (χ1v) is 10.9. The number of carbonyl (C=O) groups is 2. The van der Waals surface area contributed by atoms with E-state index in [1.807, 2.05) is 36.4 Å². The summed E-state index contributed by atoms with van der Waals surface area (Å²) in [5, 5.41) is 7.37. The van der Waals surface area contributed by atoms with E-state index in [-0.39, 0.29) is 24.9 Å². The van der Waals surface area contributed by atoms with E-state index in [9.17, 15) is 9.59 Å². The van der Waals surface area contributed by atoms with Crippen LogP contribution in [0.2, 0.25) is 5.02 Å². The molecule has 1 heterocycles. The number of hydrogen-bond donors (Lipinski definition) is 1. The molecule has 1 amide bonds. The SMILES string of the molecule is CC(C)OC(=O)CC(NC(=O)CCCc1nc(-c2ccccc2)no1)c1ccccc1Cl.